The summed E-state index contributed by atoms with van der Waals surface area (Å²) >= 11 is 0. The minimum atomic E-state index is 0.0167. The first kappa shape index (κ1) is 15.8. The number of anilines is 1. The zero-order valence-electron chi connectivity index (χ0n) is 13.4. The van der Waals surface area contributed by atoms with Crippen LogP contribution < -0.4 is 14.8 Å². The molecule has 21 heavy (non-hydrogen) atoms. The highest BCUT2D eigenvalue weighted by atomic mass is 16.5. The molecule has 6 heteroatoms. The Balaban J connectivity index is 2.13. The van der Waals surface area contributed by atoms with E-state index >= 15 is 0 Å². The topological polar surface area (TPSA) is 69.2 Å². The molecule has 1 N–H and O–H groups in total. The average molecular weight is 294 g/mol. The van der Waals surface area contributed by atoms with Crippen LogP contribution in [0.2, 0.25) is 0 Å². The lowest BCUT2D eigenvalue weighted by molar-refractivity contribution is 0.0791. The van der Waals surface area contributed by atoms with Crippen LogP contribution in [-0.4, -0.2) is 34.2 Å². The molecule has 1 fully saturated rings. The van der Waals surface area contributed by atoms with Crippen LogP contribution in [0.15, 0.2) is 0 Å². The molecule has 6 nitrogen and oxygen atoms in total. The summed E-state index contributed by atoms with van der Waals surface area (Å²) in [6, 6.07) is 0.665. The molecule has 118 valence electrons. The molecule has 0 aliphatic heterocycles. The van der Waals surface area contributed by atoms with Crippen molar-refractivity contribution in [3.8, 4) is 12.0 Å². The molecule has 1 aliphatic carbocycles. The SMILES string of the molecule is CCC1CCCCC1Oc1nc(NC)nc(OC(C)C)n1. The van der Waals surface area contributed by atoms with Gasteiger partial charge in [0, 0.05) is 7.05 Å². The van der Waals surface area contributed by atoms with Gasteiger partial charge in [-0.05, 0) is 45.4 Å². The highest BCUT2D eigenvalue weighted by Gasteiger charge is 2.26. The summed E-state index contributed by atoms with van der Waals surface area (Å²) in [5, 5.41) is 2.92. The normalized spacial score (nSPS) is 22.1. The first-order valence-corrected chi connectivity index (χ1v) is 7.89. The Morgan fingerprint density at radius 1 is 1.14 bits per heavy atom. The van der Waals surface area contributed by atoms with E-state index in [4.69, 9.17) is 9.47 Å². The van der Waals surface area contributed by atoms with E-state index in [1.165, 1.54) is 19.3 Å². The van der Waals surface area contributed by atoms with Crippen LogP contribution in [-0.2, 0) is 0 Å². The van der Waals surface area contributed by atoms with Crippen molar-refractivity contribution < 1.29 is 9.47 Å². The van der Waals surface area contributed by atoms with Crippen molar-refractivity contribution in [2.75, 3.05) is 12.4 Å². The van der Waals surface area contributed by atoms with Gasteiger partial charge in [0.1, 0.15) is 6.10 Å². The van der Waals surface area contributed by atoms with Crippen LogP contribution in [0.25, 0.3) is 0 Å². The zero-order valence-corrected chi connectivity index (χ0v) is 13.4. The third kappa shape index (κ3) is 4.44. The van der Waals surface area contributed by atoms with Gasteiger partial charge in [-0.2, -0.15) is 9.97 Å². The predicted octanol–water partition coefficient (Wildman–Crippen LogP) is 3.05. The first-order valence-electron chi connectivity index (χ1n) is 7.89. The molecule has 1 aliphatic rings. The van der Waals surface area contributed by atoms with Crippen molar-refractivity contribution >= 4 is 5.95 Å². The molecule has 0 saturated heterocycles. The maximum absolute atomic E-state index is 6.04. The quantitative estimate of drug-likeness (QED) is 0.869. The molecule has 0 bridgehead atoms. The van der Waals surface area contributed by atoms with Gasteiger partial charge in [0.15, 0.2) is 0 Å². The van der Waals surface area contributed by atoms with E-state index in [9.17, 15) is 0 Å². The standard InChI is InChI=1S/C15H26N4O2/c1-5-11-8-6-7-9-12(11)21-15-18-13(16-4)17-14(19-15)20-10(2)3/h10-12H,5-9H2,1-4H3,(H,16,17,18,19). The Hall–Kier alpha value is -1.59. The minimum Gasteiger partial charge on any atom is -0.461 e. The number of hydrogen-bond donors (Lipinski definition) is 1. The summed E-state index contributed by atoms with van der Waals surface area (Å²) < 4.78 is 11.6. The van der Waals surface area contributed by atoms with Crippen molar-refractivity contribution in [1.82, 2.24) is 15.0 Å². The summed E-state index contributed by atoms with van der Waals surface area (Å²) in [4.78, 5) is 12.8. The first-order chi connectivity index (χ1) is 10.1. The summed E-state index contributed by atoms with van der Waals surface area (Å²) in [7, 11) is 1.77. The Morgan fingerprint density at radius 2 is 1.86 bits per heavy atom. The van der Waals surface area contributed by atoms with E-state index in [0.29, 0.717) is 23.9 Å². The van der Waals surface area contributed by atoms with Gasteiger partial charge in [-0.1, -0.05) is 13.3 Å². The number of nitrogens with one attached hydrogen (secondary N) is 1. The van der Waals surface area contributed by atoms with Crippen LogP contribution in [0.4, 0.5) is 5.95 Å². The van der Waals surface area contributed by atoms with Gasteiger partial charge >= 0.3 is 12.0 Å². The second-order valence-corrected chi connectivity index (χ2v) is 5.75. The molecule has 1 heterocycles. The maximum Gasteiger partial charge on any atom is 0.324 e. The molecule has 1 aromatic heterocycles. The van der Waals surface area contributed by atoms with Crippen LogP contribution in [0.1, 0.15) is 52.9 Å². The van der Waals surface area contributed by atoms with E-state index in [1.807, 2.05) is 13.8 Å². The third-order valence-electron chi connectivity index (χ3n) is 3.78. The van der Waals surface area contributed by atoms with Gasteiger partial charge in [-0.15, -0.1) is 4.98 Å². The van der Waals surface area contributed by atoms with Gasteiger partial charge < -0.3 is 14.8 Å². The molecule has 0 amide bonds. The predicted molar refractivity (Wildman–Crippen MR) is 81.8 cm³/mol. The average Bonchev–Trinajstić information content (AvgIpc) is 2.46. The van der Waals surface area contributed by atoms with E-state index in [1.54, 1.807) is 7.05 Å². The second-order valence-electron chi connectivity index (χ2n) is 5.75. The monoisotopic (exact) mass is 294 g/mol. The molecule has 1 saturated carbocycles. The Bertz CT molecular complexity index is 453. The van der Waals surface area contributed by atoms with E-state index in [0.717, 1.165) is 12.8 Å². The van der Waals surface area contributed by atoms with Crippen molar-refractivity contribution in [3.63, 3.8) is 0 Å². The van der Waals surface area contributed by atoms with E-state index < -0.39 is 0 Å². The molecule has 2 rings (SSSR count). The van der Waals surface area contributed by atoms with Crippen molar-refractivity contribution in [2.45, 2.75) is 65.1 Å². The van der Waals surface area contributed by atoms with Crippen LogP contribution in [0.5, 0.6) is 12.0 Å². The van der Waals surface area contributed by atoms with Crippen molar-refractivity contribution in [2.24, 2.45) is 5.92 Å². The summed E-state index contributed by atoms with van der Waals surface area (Å²) in [6.07, 6.45) is 6.13. The molecule has 1 aromatic rings. The molecule has 0 aromatic carbocycles. The highest BCUT2D eigenvalue weighted by molar-refractivity contribution is 5.26. The summed E-state index contributed by atoms with van der Waals surface area (Å²) in [6.45, 7) is 6.10. The fourth-order valence-electron chi connectivity index (χ4n) is 2.70. The van der Waals surface area contributed by atoms with Crippen LogP contribution in [0.3, 0.4) is 0 Å². The third-order valence-corrected chi connectivity index (χ3v) is 3.78. The molecular formula is C15H26N4O2. The second kappa shape index (κ2) is 7.43. The van der Waals surface area contributed by atoms with E-state index in [-0.39, 0.29) is 12.2 Å². The smallest absolute Gasteiger partial charge is 0.324 e. The number of hydrogen-bond acceptors (Lipinski definition) is 6. The molecule has 0 spiro atoms. The molecule has 2 unspecified atom stereocenters. The zero-order chi connectivity index (χ0) is 15.2. The summed E-state index contributed by atoms with van der Waals surface area (Å²) in [5.41, 5.74) is 0. The summed E-state index contributed by atoms with van der Waals surface area (Å²) in [5.74, 6) is 1.06. The van der Waals surface area contributed by atoms with Gasteiger partial charge in [-0.25, -0.2) is 0 Å². The minimum absolute atomic E-state index is 0.0167. The van der Waals surface area contributed by atoms with E-state index in [2.05, 4.69) is 27.2 Å². The number of aromatic nitrogens is 3. The lowest BCUT2D eigenvalue weighted by Crippen LogP contribution is -2.30. The largest absolute Gasteiger partial charge is 0.461 e. The van der Waals surface area contributed by atoms with Gasteiger partial charge in [-0.3, -0.25) is 0 Å². The van der Waals surface area contributed by atoms with Crippen molar-refractivity contribution in [3.05, 3.63) is 0 Å². The fraction of sp³-hybridized carbons (Fsp3) is 0.800. The molecule has 2 atom stereocenters. The van der Waals surface area contributed by atoms with Gasteiger partial charge in [0.05, 0.1) is 6.10 Å². The highest BCUT2D eigenvalue weighted by Crippen LogP contribution is 2.30. The Morgan fingerprint density at radius 3 is 2.52 bits per heavy atom. The maximum atomic E-state index is 6.04. The molecular weight excluding hydrogens is 268 g/mol. The van der Waals surface area contributed by atoms with Gasteiger partial charge in [0.2, 0.25) is 5.95 Å². The van der Waals surface area contributed by atoms with Crippen LogP contribution in [0, 0.1) is 5.92 Å². The number of ether oxygens (including phenoxy) is 2. The fourth-order valence-corrected chi connectivity index (χ4v) is 2.70. The molecule has 0 radical (unpaired) electrons. The Labute approximate surface area is 126 Å². The Kier molecular flexibility index (Phi) is 5.59. The number of nitrogens with zero attached hydrogens (tertiary/aromatic N) is 3. The number of rotatable bonds is 6. The van der Waals surface area contributed by atoms with Crippen LogP contribution >= 0.6 is 0 Å². The lowest BCUT2D eigenvalue weighted by Gasteiger charge is -2.30. The lowest BCUT2D eigenvalue weighted by atomic mass is 9.85. The van der Waals surface area contributed by atoms with Gasteiger partial charge in [0.25, 0.3) is 0 Å². The van der Waals surface area contributed by atoms with Crippen molar-refractivity contribution in [1.29, 1.82) is 0 Å².